The van der Waals surface area contributed by atoms with Gasteiger partial charge in [0.05, 0.1) is 5.75 Å². The van der Waals surface area contributed by atoms with E-state index in [1.54, 1.807) is 11.6 Å². The van der Waals surface area contributed by atoms with Crippen molar-refractivity contribution in [2.75, 3.05) is 5.75 Å². The van der Waals surface area contributed by atoms with Crippen molar-refractivity contribution in [3.63, 3.8) is 0 Å². The van der Waals surface area contributed by atoms with E-state index in [1.165, 1.54) is 23.3 Å². The number of thioether (sulfide) groups is 1. The molecular formula is C15H14N4O3S. The SMILES string of the molecule is CC(=O)CSc1nc2c(c(=O)[nH]c(=O)n2C)n1-c1ccccc1. The van der Waals surface area contributed by atoms with Gasteiger partial charge in [-0.25, -0.2) is 9.78 Å². The molecule has 0 bridgehead atoms. The van der Waals surface area contributed by atoms with Gasteiger partial charge in [-0.1, -0.05) is 30.0 Å². The number of aryl methyl sites for hydroxylation is 1. The molecule has 2 heterocycles. The maximum atomic E-state index is 12.3. The number of carbonyl (C=O) groups excluding carboxylic acids is 1. The number of fused-ring (bicyclic) bond motifs is 1. The van der Waals surface area contributed by atoms with Gasteiger partial charge in [0.1, 0.15) is 5.78 Å². The van der Waals surface area contributed by atoms with Crippen LogP contribution in [0.1, 0.15) is 6.92 Å². The van der Waals surface area contributed by atoms with Gasteiger partial charge in [-0.05, 0) is 19.1 Å². The molecule has 0 aliphatic heterocycles. The Labute approximate surface area is 135 Å². The Morgan fingerprint density at radius 2 is 1.96 bits per heavy atom. The second kappa shape index (κ2) is 5.88. The quantitative estimate of drug-likeness (QED) is 0.723. The maximum absolute atomic E-state index is 12.3. The highest BCUT2D eigenvalue weighted by Gasteiger charge is 2.19. The molecule has 7 nitrogen and oxygen atoms in total. The van der Waals surface area contributed by atoms with Crippen LogP contribution >= 0.6 is 11.8 Å². The van der Waals surface area contributed by atoms with Crippen LogP contribution in [0.3, 0.4) is 0 Å². The zero-order valence-corrected chi connectivity index (χ0v) is 13.4. The number of para-hydroxylation sites is 1. The Morgan fingerprint density at radius 1 is 1.26 bits per heavy atom. The second-order valence-corrected chi connectivity index (χ2v) is 5.99. The molecule has 0 aliphatic rings. The number of hydrogen-bond acceptors (Lipinski definition) is 5. The molecule has 0 amide bonds. The first-order valence-electron chi connectivity index (χ1n) is 6.88. The van der Waals surface area contributed by atoms with E-state index < -0.39 is 11.2 Å². The zero-order valence-electron chi connectivity index (χ0n) is 12.6. The third-order valence-corrected chi connectivity index (χ3v) is 4.39. The molecule has 1 N–H and O–H groups in total. The minimum absolute atomic E-state index is 0.00414. The average molecular weight is 330 g/mol. The van der Waals surface area contributed by atoms with Gasteiger partial charge in [0.25, 0.3) is 5.56 Å². The molecule has 23 heavy (non-hydrogen) atoms. The van der Waals surface area contributed by atoms with Gasteiger partial charge < -0.3 is 0 Å². The van der Waals surface area contributed by atoms with Crippen molar-refractivity contribution in [3.8, 4) is 5.69 Å². The number of nitrogens with zero attached hydrogens (tertiary/aromatic N) is 3. The van der Waals surface area contributed by atoms with E-state index in [1.807, 2.05) is 30.3 Å². The molecule has 0 unspecified atom stereocenters. The lowest BCUT2D eigenvalue weighted by Gasteiger charge is -2.07. The van der Waals surface area contributed by atoms with Crippen LogP contribution in [0.15, 0.2) is 45.1 Å². The third kappa shape index (κ3) is 2.72. The zero-order chi connectivity index (χ0) is 16.6. The van der Waals surface area contributed by atoms with Gasteiger partial charge in [-0.15, -0.1) is 0 Å². The van der Waals surface area contributed by atoms with E-state index in [2.05, 4.69) is 9.97 Å². The predicted molar refractivity (Wildman–Crippen MR) is 88.3 cm³/mol. The highest BCUT2D eigenvalue weighted by atomic mass is 32.2. The molecule has 0 atom stereocenters. The van der Waals surface area contributed by atoms with Crippen molar-refractivity contribution in [2.45, 2.75) is 12.1 Å². The second-order valence-electron chi connectivity index (χ2n) is 5.05. The number of carbonyl (C=O) groups is 1. The number of imidazole rings is 1. The minimum atomic E-state index is -0.525. The van der Waals surface area contributed by atoms with Crippen molar-refractivity contribution in [3.05, 3.63) is 51.2 Å². The lowest BCUT2D eigenvalue weighted by molar-refractivity contribution is -0.114. The van der Waals surface area contributed by atoms with Crippen LogP contribution < -0.4 is 11.2 Å². The largest absolute Gasteiger partial charge is 0.329 e. The molecular weight excluding hydrogens is 316 g/mol. The van der Waals surface area contributed by atoms with Gasteiger partial charge in [0.15, 0.2) is 16.3 Å². The van der Waals surface area contributed by atoms with E-state index in [0.717, 1.165) is 5.69 Å². The summed E-state index contributed by atoms with van der Waals surface area (Å²) in [7, 11) is 1.54. The maximum Gasteiger partial charge on any atom is 0.329 e. The summed E-state index contributed by atoms with van der Waals surface area (Å²) < 4.78 is 2.95. The molecule has 0 radical (unpaired) electrons. The number of aromatic amines is 1. The van der Waals surface area contributed by atoms with E-state index in [4.69, 9.17) is 0 Å². The molecule has 8 heteroatoms. The van der Waals surface area contributed by atoms with Crippen LogP contribution in [0.25, 0.3) is 16.9 Å². The van der Waals surface area contributed by atoms with Crippen LogP contribution in [-0.2, 0) is 11.8 Å². The molecule has 0 saturated carbocycles. The summed E-state index contributed by atoms with van der Waals surface area (Å²) in [5, 5.41) is 0.494. The van der Waals surface area contributed by atoms with Gasteiger partial charge in [0, 0.05) is 12.7 Å². The topological polar surface area (TPSA) is 89.8 Å². The normalized spacial score (nSPS) is 11.0. The highest BCUT2D eigenvalue weighted by molar-refractivity contribution is 7.99. The van der Waals surface area contributed by atoms with Gasteiger partial charge in [-0.2, -0.15) is 0 Å². The Morgan fingerprint density at radius 3 is 2.61 bits per heavy atom. The summed E-state index contributed by atoms with van der Waals surface area (Å²) in [6.07, 6.45) is 0. The molecule has 3 aromatic rings. The Kier molecular flexibility index (Phi) is 3.91. The molecule has 118 valence electrons. The van der Waals surface area contributed by atoms with Crippen molar-refractivity contribution in [1.29, 1.82) is 0 Å². The number of H-pyrrole nitrogens is 1. The van der Waals surface area contributed by atoms with E-state index >= 15 is 0 Å². The molecule has 2 aromatic heterocycles. The van der Waals surface area contributed by atoms with Gasteiger partial charge in [0.2, 0.25) is 0 Å². The Balaban J connectivity index is 2.35. The predicted octanol–water partition coefficient (Wildman–Crippen LogP) is 1.09. The van der Waals surface area contributed by atoms with E-state index in [9.17, 15) is 14.4 Å². The lowest BCUT2D eigenvalue weighted by atomic mass is 10.3. The fraction of sp³-hybridized carbons (Fsp3) is 0.200. The van der Waals surface area contributed by atoms with Crippen LogP contribution in [-0.4, -0.2) is 30.6 Å². The summed E-state index contributed by atoms with van der Waals surface area (Å²) in [5.41, 5.74) is 0.278. The smallest absolute Gasteiger partial charge is 0.299 e. The molecule has 3 rings (SSSR count). The van der Waals surface area contributed by atoms with Crippen molar-refractivity contribution in [2.24, 2.45) is 7.05 Å². The molecule has 1 aromatic carbocycles. The number of benzene rings is 1. The summed E-state index contributed by atoms with van der Waals surface area (Å²) in [6.45, 7) is 1.49. The highest BCUT2D eigenvalue weighted by Crippen LogP contribution is 2.25. The monoisotopic (exact) mass is 330 g/mol. The number of Topliss-reactive ketones (excluding diaryl/α,β-unsaturated/α-hetero) is 1. The number of aromatic nitrogens is 4. The standard InChI is InChI=1S/C15H14N4O3S/c1-9(20)8-23-15-16-12-11(13(21)17-14(22)18(12)2)19(15)10-6-4-3-5-7-10/h3-7H,8H2,1-2H3,(H,17,21,22). The van der Waals surface area contributed by atoms with Crippen molar-refractivity contribution < 1.29 is 4.79 Å². The van der Waals surface area contributed by atoms with Crippen LogP contribution in [0.4, 0.5) is 0 Å². The number of ketones is 1. The number of hydrogen-bond donors (Lipinski definition) is 1. The molecule has 0 fully saturated rings. The Bertz CT molecular complexity index is 1000. The van der Waals surface area contributed by atoms with E-state index in [-0.39, 0.29) is 22.7 Å². The molecule has 0 saturated heterocycles. The number of nitrogens with one attached hydrogen (secondary N) is 1. The number of rotatable bonds is 4. The summed E-state index contributed by atoms with van der Waals surface area (Å²) in [4.78, 5) is 42.0. The summed E-state index contributed by atoms with van der Waals surface area (Å²) in [6, 6.07) is 9.23. The van der Waals surface area contributed by atoms with E-state index in [0.29, 0.717) is 5.16 Å². The first-order valence-corrected chi connectivity index (χ1v) is 7.87. The summed E-state index contributed by atoms with van der Waals surface area (Å²) >= 11 is 1.23. The lowest BCUT2D eigenvalue weighted by Crippen LogP contribution is -2.29. The Hall–Kier alpha value is -2.61. The van der Waals surface area contributed by atoms with Crippen LogP contribution in [0.2, 0.25) is 0 Å². The first-order chi connectivity index (χ1) is 11.0. The van der Waals surface area contributed by atoms with Crippen LogP contribution in [0, 0.1) is 0 Å². The minimum Gasteiger partial charge on any atom is -0.299 e. The van der Waals surface area contributed by atoms with Crippen molar-refractivity contribution >= 4 is 28.7 Å². The first kappa shape index (κ1) is 15.3. The molecule has 0 spiro atoms. The van der Waals surface area contributed by atoms with Crippen molar-refractivity contribution in [1.82, 2.24) is 19.1 Å². The molecule has 0 aliphatic carbocycles. The fourth-order valence-corrected chi connectivity index (χ4v) is 3.05. The third-order valence-electron chi connectivity index (χ3n) is 3.31. The van der Waals surface area contributed by atoms with Gasteiger partial charge >= 0.3 is 5.69 Å². The average Bonchev–Trinajstić information content (AvgIpc) is 2.92. The van der Waals surface area contributed by atoms with Crippen LogP contribution in [0.5, 0.6) is 0 Å². The fourth-order valence-electron chi connectivity index (χ4n) is 2.24. The summed E-state index contributed by atoms with van der Waals surface area (Å²) in [5.74, 6) is 0.242. The van der Waals surface area contributed by atoms with Gasteiger partial charge in [-0.3, -0.25) is 23.7 Å².